The fraction of sp³-hybridized carbons (Fsp3) is 0.333. The van der Waals surface area contributed by atoms with Gasteiger partial charge in [-0.1, -0.05) is 0 Å². The summed E-state index contributed by atoms with van der Waals surface area (Å²) in [6, 6.07) is 15.2. The number of amides is 1. The molecule has 1 amide bonds. The third kappa shape index (κ3) is 5.36. The van der Waals surface area contributed by atoms with Gasteiger partial charge in [-0.05, 0) is 74.1 Å². The van der Waals surface area contributed by atoms with Gasteiger partial charge in [-0.15, -0.1) is 0 Å². The number of methoxy groups -OCH3 is 1. The predicted octanol–water partition coefficient (Wildman–Crippen LogP) is 3.58. The maximum absolute atomic E-state index is 11.8. The van der Waals surface area contributed by atoms with Crippen LogP contribution in [0.4, 0.5) is 11.4 Å². The van der Waals surface area contributed by atoms with Crippen LogP contribution >= 0.6 is 12.2 Å². The van der Waals surface area contributed by atoms with Crippen molar-refractivity contribution in [3.63, 3.8) is 0 Å². The number of hydrogen-bond acceptors (Lipinski definition) is 4. The molecule has 0 bridgehead atoms. The lowest BCUT2D eigenvalue weighted by molar-refractivity contribution is -0.117. The highest BCUT2D eigenvalue weighted by Gasteiger charge is 2.21. The molecule has 2 N–H and O–H groups in total. The third-order valence-electron chi connectivity index (χ3n) is 4.45. The molecule has 0 aliphatic carbocycles. The number of benzene rings is 2. The normalized spacial score (nSPS) is 14.5. The Morgan fingerprint density at radius 3 is 2.43 bits per heavy atom. The number of carbonyl (C=O) groups excluding carboxylic acids is 1. The topological polar surface area (TPSA) is 62.8 Å². The number of anilines is 2. The Morgan fingerprint density at radius 2 is 1.82 bits per heavy atom. The van der Waals surface area contributed by atoms with E-state index in [1.165, 1.54) is 0 Å². The average molecular weight is 400 g/mol. The van der Waals surface area contributed by atoms with Crippen molar-refractivity contribution in [2.45, 2.75) is 25.8 Å². The molecule has 1 heterocycles. The molecule has 1 aliphatic rings. The van der Waals surface area contributed by atoms with Gasteiger partial charge >= 0.3 is 0 Å². The molecule has 28 heavy (non-hydrogen) atoms. The van der Waals surface area contributed by atoms with Crippen molar-refractivity contribution in [1.82, 2.24) is 5.32 Å². The number of hydrogen-bond donors (Lipinski definition) is 2. The van der Waals surface area contributed by atoms with Crippen LogP contribution in [0.3, 0.4) is 0 Å². The van der Waals surface area contributed by atoms with Gasteiger partial charge < -0.3 is 25.0 Å². The van der Waals surface area contributed by atoms with E-state index in [0.717, 1.165) is 35.8 Å². The molecule has 1 fully saturated rings. The van der Waals surface area contributed by atoms with Crippen molar-refractivity contribution in [3.05, 3.63) is 48.5 Å². The third-order valence-corrected chi connectivity index (χ3v) is 4.67. The number of nitrogens with zero attached hydrogens (tertiary/aromatic N) is 1. The summed E-state index contributed by atoms with van der Waals surface area (Å²) >= 11 is 5.38. The monoisotopic (exact) mass is 399 g/mol. The summed E-state index contributed by atoms with van der Waals surface area (Å²) in [6.45, 7) is 3.26. The van der Waals surface area contributed by atoms with Crippen molar-refractivity contribution < 1.29 is 14.3 Å². The number of carbonyl (C=O) groups is 1. The first-order valence-electron chi connectivity index (χ1n) is 9.30. The molecule has 7 heteroatoms. The lowest BCUT2D eigenvalue weighted by Crippen LogP contribution is -2.39. The summed E-state index contributed by atoms with van der Waals surface area (Å²) in [5, 5.41) is 6.89. The number of ether oxygens (including phenoxy) is 2. The first kappa shape index (κ1) is 19.9. The largest absolute Gasteiger partial charge is 0.497 e. The van der Waals surface area contributed by atoms with Gasteiger partial charge in [-0.2, -0.15) is 0 Å². The summed E-state index contributed by atoms with van der Waals surface area (Å²) < 4.78 is 10.9. The van der Waals surface area contributed by atoms with Crippen LogP contribution in [-0.4, -0.2) is 37.3 Å². The van der Waals surface area contributed by atoms with E-state index in [1.807, 2.05) is 60.4 Å². The number of rotatable bonds is 7. The van der Waals surface area contributed by atoms with Gasteiger partial charge in [-0.25, -0.2) is 0 Å². The Bertz CT molecular complexity index is 809. The Hall–Kier alpha value is -2.80. The van der Waals surface area contributed by atoms with Crippen LogP contribution in [0.1, 0.15) is 19.8 Å². The van der Waals surface area contributed by atoms with Gasteiger partial charge in [0.25, 0.3) is 0 Å². The van der Waals surface area contributed by atoms with Gasteiger partial charge in [0.1, 0.15) is 18.1 Å². The first-order chi connectivity index (χ1) is 13.5. The molecule has 0 radical (unpaired) electrons. The summed E-state index contributed by atoms with van der Waals surface area (Å²) in [5.41, 5.74) is 1.80. The zero-order valence-electron chi connectivity index (χ0n) is 16.1. The second kappa shape index (κ2) is 9.41. The maximum Gasteiger partial charge on any atom is 0.227 e. The van der Waals surface area contributed by atoms with Crippen LogP contribution in [0.5, 0.6) is 11.5 Å². The Morgan fingerprint density at radius 1 is 1.14 bits per heavy atom. The van der Waals surface area contributed by atoms with Crippen molar-refractivity contribution in [2.24, 2.45) is 0 Å². The Kier molecular flexibility index (Phi) is 6.71. The van der Waals surface area contributed by atoms with Crippen LogP contribution in [0.15, 0.2) is 48.5 Å². The van der Waals surface area contributed by atoms with Crippen LogP contribution in [0, 0.1) is 0 Å². The number of thiocarbonyl (C=S) groups is 1. The van der Waals surface area contributed by atoms with E-state index in [-0.39, 0.29) is 11.9 Å². The van der Waals surface area contributed by atoms with Crippen molar-refractivity contribution >= 4 is 34.6 Å². The van der Waals surface area contributed by atoms with E-state index in [0.29, 0.717) is 18.1 Å². The fourth-order valence-electron chi connectivity index (χ4n) is 2.97. The smallest absolute Gasteiger partial charge is 0.227 e. The van der Waals surface area contributed by atoms with Gasteiger partial charge in [0.15, 0.2) is 5.11 Å². The molecular formula is C21H25N3O3S. The van der Waals surface area contributed by atoms with E-state index in [4.69, 9.17) is 21.7 Å². The van der Waals surface area contributed by atoms with E-state index < -0.39 is 0 Å². The van der Waals surface area contributed by atoms with Gasteiger partial charge in [0, 0.05) is 24.3 Å². The molecule has 6 nitrogen and oxygen atoms in total. The molecular weight excluding hydrogens is 374 g/mol. The second-order valence-corrected chi connectivity index (χ2v) is 7.09. The predicted molar refractivity (Wildman–Crippen MR) is 115 cm³/mol. The molecule has 1 aliphatic heterocycles. The molecule has 148 valence electrons. The molecule has 2 aromatic carbocycles. The van der Waals surface area contributed by atoms with Crippen molar-refractivity contribution in [1.29, 1.82) is 0 Å². The summed E-state index contributed by atoms with van der Waals surface area (Å²) in [7, 11) is 1.63. The van der Waals surface area contributed by atoms with Crippen LogP contribution in [0.25, 0.3) is 0 Å². The fourth-order valence-corrected chi connectivity index (χ4v) is 3.29. The zero-order chi connectivity index (χ0) is 19.9. The molecule has 0 unspecified atom stereocenters. The molecule has 0 saturated carbocycles. The van der Waals surface area contributed by atoms with Crippen molar-refractivity contribution in [2.75, 3.05) is 30.5 Å². The first-order valence-corrected chi connectivity index (χ1v) is 9.71. The summed E-state index contributed by atoms with van der Waals surface area (Å²) in [4.78, 5) is 13.6. The molecule has 1 saturated heterocycles. The van der Waals surface area contributed by atoms with Gasteiger partial charge in [0.2, 0.25) is 5.91 Å². The highest BCUT2D eigenvalue weighted by molar-refractivity contribution is 7.80. The van der Waals surface area contributed by atoms with Crippen molar-refractivity contribution in [3.8, 4) is 11.5 Å². The van der Waals surface area contributed by atoms with Crippen LogP contribution in [0.2, 0.25) is 0 Å². The van der Waals surface area contributed by atoms with Crippen LogP contribution < -0.4 is 25.0 Å². The lowest BCUT2D eigenvalue weighted by atomic mass is 10.2. The second-order valence-electron chi connectivity index (χ2n) is 6.68. The molecule has 3 rings (SSSR count). The maximum atomic E-state index is 11.8. The van der Waals surface area contributed by atoms with Gasteiger partial charge in [-0.3, -0.25) is 4.79 Å². The minimum Gasteiger partial charge on any atom is -0.497 e. The minimum atomic E-state index is 0.0311. The minimum absolute atomic E-state index is 0.0311. The molecule has 0 spiro atoms. The van der Waals surface area contributed by atoms with E-state index in [9.17, 15) is 4.79 Å². The van der Waals surface area contributed by atoms with E-state index in [1.54, 1.807) is 7.11 Å². The lowest BCUT2D eigenvalue weighted by Gasteiger charge is -2.19. The number of nitrogens with one attached hydrogen (secondary N) is 2. The highest BCUT2D eigenvalue weighted by Crippen LogP contribution is 2.23. The summed E-state index contributed by atoms with van der Waals surface area (Å²) in [5.74, 6) is 1.76. The highest BCUT2D eigenvalue weighted by atomic mass is 32.1. The van der Waals surface area contributed by atoms with Crippen LogP contribution in [-0.2, 0) is 4.79 Å². The quantitative estimate of drug-likeness (QED) is 0.694. The van der Waals surface area contributed by atoms with E-state index >= 15 is 0 Å². The molecule has 1 atom stereocenters. The molecule has 0 aromatic heterocycles. The Balaban J connectivity index is 1.44. The standard InChI is InChI=1S/C21H25N3O3S/c1-15(14-27-19-11-9-18(26-2)10-12-19)22-21(28)23-16-5-7-17(8-6-16)24-13-3-4-20(24)25/h5-12,15H,3-4,13-14H2,1-2H3,(H2,22,23,28)/t15-/m1/s1. The average Bonchev–Trinajstić information content (AvgIpc) is 3.13. The zero-order valence-corrected chi connectivity index (χ0v) is 16.9. The summed E-state index contributed by atoms with van der Waals surface area (Å²) in [6.07, 6.45) is 1.55. The van der Waals surface area contributed by atoms with Gasteiger partial charge in [0.05, 0.1) is 13.2 Å². The SMILES string of the molecule is COc1ccc(OC[C@@H](C)NC(=S)Nc2ccc(N3CCCC3=O)cc2)cc1. The van der Waals surface area contributed by atoms with E-state index in [2.05, 4.69) is 10.6 Å². The molecule has 2 aromatic rings. The Labute approximate surface area is 170 Å².